The summed E-state index contributed by atoms with van der Waals surface area (Å²) in [6.07, 6.45) is 5.30. The number of amides is 1. The van der Waals surface area contributed by atoms with Crippen LogP contribution in [0.2, 0.25) is 5.02 Å². The molecule has 3 rings (SSSR count). The summed E-state index contributed by atoms with van der Waals surface area (Å²) in [5, 5.41) is 3.71. The van der Waals surface area contributed by atoms with Crippen molar-refractivity contribution in [2.45, 2.75) is 37.8 Å². The molecule has 1 aromatic carbocycles. The molecular formula is C18H18BrClN2O2. The number of nitrogens with one attached hydrogen (secondary N) is 1. The number of aromatic nitrogens is 1. The highest BCUT2D eigenvalue weighted by Gasteiger charge is 2.24. The molecule has 6 heteroatoms. The van der Waals surface area contributed by atoms with Gasteiger partial charge in [0.15, 0.2) is 0 Å². The fourth-order valence-corrected chi connectivity index (χ4v) is 3.41. The smallest absolute Gasteiger partial charge is 0.252 e. The highest BCUT2D eigenvalue weighted by atomic mass is 79.9. The second-order valence-corrected chi connectivity index (χ2v) is 7.15. The van der Waals surface area contributed by atoms with E-state index in [0.29, 0.717) is 16.5 Å². The molecule has 2 aromatic rings. The fraction of sp³-hybridized carbons (Fsp3) is 0.333. The lowest BCUT2D eigenvalue weighted by Crippen LogP contribution is -2.39. The quantitative estimate of drug-likeness (QED) is 0.802. The average molecular weight is 410 g/mol. The van der Waals surface area contributed by atoms with E-state index in [9.17, 15) is 4.79 Å². The summed E-state index contributed by atoms with van der Waals surface area (Å²) in [7, 11) is 0. The Morgan fingerprint density at radius 1 is 1.17 bits per heavy atom. The van der Waals surface area contributed by atoms with Gasteiger partial charge in [0.05, 0.1) is 10.6 Å². The predicted molar refractivity (Wildman–Crippen MR) is 97.5 cm³/mol. The van der Waals surface area contributed by atoms with Gasteiger partial charge in [0, 0.05) is 22.8 Å². The van der Waals surface area contributed by atoms with Gasteiger partial charge in [-0.3, -0.25) is 4.79 Å². The van der Waals surface area contributed by atoms with Crippen molar-refractivity contribution in [1.29, 1.82) is 0 Å². The number of nitrogens with zero attached hydrogens (tertiary/aromatic N) is 1. The molecular weight excluding hydrogens is 392 g/mol. The van der Waals surface area contributed by atoms with E-state index >= 15 is 0 Å². The second kappa shape index (κ2) is 7.99. The Hall–Kier alpha value is -1.59. The third-order valence-corrected chi connectivity index (χ3v) is 5.03. The number of halogens is 2. The van der Waals surface area contributed by atoms with Gasteiger partial charge in [0.1, 0.15) is 6.10 Å². The van der Waals surface area contributed by atoms with Crippen LogP contribution in [0.25, 0.3) is 0 Å². The molecule has 1 heterocycles. The van der Waals surface area contributed by atoms with Crippen LogP contribution in [0, 0.1) is 0 Å². The molecule has 0 saturated heterocycles. The third-order valence-electron chi connectivity index (χ3n) is 4.12. The lowest BCUT2D eigenvalue weighted by molar-refractivity contribution is 0.0889. The van der Waals surface area contributed by atoms with Crippen molar-refractivity contribution in [3.05, 3.63) is 57.7 Å². The molecule has 1 amide bonds. The van der Waals surface area contributed by atoms with Gasteiger partial charge in [-0.15, -0.1) is 0 Å². The summed E-state index contributed by atoms with van der Waals surface area (Å²) in [5.74, 6) is 0.561. The van der Waals surface area contributed by atoms with Crippen molar-refractivity contribution in [1.82, 2.24) is 10.3 Å². The maximum atomic E-state index is 12.3. The monoisotopic (exact) mass is 408 g/mol. The minimum absolute atomic E-state index is 0.0359. The lowest BCUT2D eigenvalue weighted by Gasteiger charge is -2.29. The summed E-state index contributed by atoms with van der Waals surface area (Å²) in [5.41, 5.74) is 0.668. The van der Waals surface area contributed by atoms with E-state index in [1.54, 1.807) is 18.3 Å². The largest absolute Gasteiger partial charge is 0.474 e. The van der Waals surface area contributed by atoms with Crippen LogP contribution in [0.3, 0.4) is 0 Å². The Morgan fingerprint density at radius 3 is 2.58 bits per heavy atom. The molecule has 24 heavy (non-hydrogen) atoms. The Kier molecular flexibility index (Phi) is 5.74. The van der Waals surface area contributed by atoms with Gasteiger partial charge in [-0.1, -0.05) is 23.7 Å². The number of carbonyl (C=O) groups is 1. The first-order valence-electron chi connectivity index (χ1n) is 7.95. The van der Waals surface area contributed by atoms with Crippen molar-refractivity contribution in [2.24, 2.45) is 0 Å². The highest BCUT2D eigenvalue weighted by Crippen LogP contribution is 2.24. The normalized spacial score (nSPS) is 20.4. The average Bonchev–Trinajstić information content (AvgIpc) is 2.59. The van der Waals surface area contributed by atoms with Gasteiger partial charge >= 0.3 is 0 Å². The van der Waals surface area contributed by atoms with Crippen molar-refractivity contribution < 1.29 is 9.53 Å². The molecule has 0 aliphatic heterocycles. The number of ether oxygens (including phenoxy) is 1. The summed E-state index contributed by atoms with van der Waals surface area (Å²) in [4.78, 5) is 16.5. The molecule has 1 N–H and O–H groups in total. The van der Waals surface area contributed by atoms with E-state index in [2.05, 4.69) is 26.2 Å². The van der Waals surface area contributed by atoms with Crippen molar-refractivity contribution in [3.8, 4) is 5.88 Å². The first kappa shape index (κ1) is 17.2. The van der Waals surface area contributed by atoms with Gasteiger partial charge in [-0.25, -0.2) is 4.98 Å². The topological polar surface area (TPSA) is 51.2 Å². The summed E-state index contributed by atoms with van der Waals surface area (Å²) >= 11 is 9.24. The van der Waals surface area contributed by atoms with Crippen LogP contribution in [0.5, 0.6) is 5.88 Å². The molecule has 126 valence electrons. The van der Waals surface area contributed by atoms with Crippen molar-refractivity contribution >= 4 is 33.4 Å². The SMILES string of the molecule is O=C(NC1CCC(Oc2ccc(Cl)cn2)CC1)c1ccccc1Br. The summed E-state index contributed by atoms with van der Waals surface area (Å²) in [6.45, 7) is 0. The van der Waals surface area contributed by atoms with E-state index in [4.69, 9.17) is 16.3 Å². The van der Waals surface area contributed by atoms with Crippen LogP contribution >= 0.6 is 27.5 Å². The van der Waals surface area contributed by atoms with E-state index < -0.39 is 0 Å². The minimum atomic E-state index is -0.0359. The Labute approximate surface area is 154 Å². The second-order valence-electron chi connectivity index (χ2n) is 5.86. The lowest BCUT2D eigenvalue weighted by atomic mass is 9.92. The molecule has 1 saturated carbocycles. The summed E-state index contributed by atoms with van der Waals surface area (Å²) < 4.78 is 6.69. The number of carbonyl (C=O) groups excluding carboxylic acids is 1. The predicted octanol–water partition coefficient (Wildman–Crippen LogP) is 4.62. The molecule has 1 aromatic heterocycles. The number of benzene rings is 1. The van der Waals surface area contributed by atoms with Crippen LogP contribution < -0.4 is 10.1 Å². The van der Waals surface area contributed by atoms with Crippen molar-refractivity contribution in [3.63, 3.8) is 0 Å². The van der Waals surface area contributed by atoms with Gasteiger partial charge in [0.2, 0.25) is 5.88 Å². The molecule has 1 aliphatic carbocycles. The fourth-order valence-electron chi connectivity index (χ4n) is 2.84. The molecule has 0 bridgehead atoms. The van der Waals surface area contributed by atoms with Crippen LogP contribution in [0.15, 0.2) is 47.1 Å². The van der Waals surface area contributed by atoms with E-state index in [1.165, 1.54) is 0 Å². The van der Waals surface area contributed by atoms with Gasteiger partial charge < -0.3 is 10.1 Å². The maximum absolute atomic E-state index is 12.3. The standard InChI is InChI=1S/C18H18BrClN2O2/c19-16-4-2-1-3-15(16)18(23)22-13-6-8-14(9-7-13)24-17-10-5-12(20)11-21-17/h1-5,10-11,13-14H,6-9H2,(H,22,23). The Bertz CT molecular complexity index is 700. The van der Waals surface area contributed by atoms with Gasteiger partial charge in [0.25, 0.3) is 5.91 Å². The highest BCUT2D eigenvalue weighted by molar-refractivity contribution is 9.10. The zero-order chi connectivity index (χ0) is 16.9. The zero-order valence-electron chi connectivity index (χ0n) is 13.0. The van der Waals surface area contributed by atoms with Crippen LogP contribution in [0.1, 0.15) is 36.0 Å². The zero-order valence-corrected chi connectivity index (χ0v) is 15.4. The first-order valence-corrected chi connectivity index (χ1v) is 9.12. The van der Waals surface area contributed by atoms with Crippen molar-refractivity contribution in [2.75, 3.05) is 0 Å². The molecule has 0 spiro atoms. The molecule has 4 nitrogen and oxygen atoms in total. The Morgan fingerprint density at radius 2 is 1.92 bits per heavy atom. The summed E-state index contributed by atoms with van der Waals surface area (Å²) in [6, 6.07) is 11.2. The first-order chi connectivity index (χ1) is 11.6. The molecule has 1 aliphatic rings. The van der Waals surface area contributed by atoms with Gasteiger partial charge in [-0.2, -0.15) is 0 Å². The number of hydrogen-bond donors (Lipinski definition) is 1. The number of hydrogen-bond acceptors (Lipinski definition) is 3. The Balaban J connectivity index is 1.49. The van der Waals surface area contributed by atoms with Crippen LogP contribution in [0.4, 0.5) is 0 Å². The van der Waals surface area contributed by atoms with Crippen LogP contribution in [-0.2, 0) is 0 Å². The number of pyridine rings is 1. The number of rotatable bonds is 4. The van der Waals surface area contributed by atoms with E-state index in [1.807, 2.05) is 24.3 Å². The molecule has 0 unspecified atom stereocenters. The molecule has 0 atom stereocenters. The minimum Gasteiger partial charge on any atom is -0.474 e. The molecule has 0 radical (unpaired) electrons. The van der Waals surface area contributed by atoms with Crippen LogP contribution in [-0.4, -0.2) is 23.0 Å². The third kappa shape index (κ3) is 4.48. The maximum Gasteiger partial charge on any atom is 0.252 e. The van der Waals surface area contributed by atoms with Gasteiger partial charge in [-0.05, 0) is 59.8 Å². The molecule has 1 fully saturated rings. The van der Waals surface area contributed by atoms with E-state index in [-0.39, 0.29) is 18.1 Å². The van der Waals surface area contributed by atoms with E-state index in [0.717, 1.165) is 30.2 Å².